The van der Waals surface area contributed by atoms with Crippen LogP contribution in [0.5, 0.6) is 0 Å². The molecule has 0 radical (unpaired) electrons. The van der Waals surface area contributed by atoms with Crippen molar-refractivity contribution in [2.45, 2.75) is 249 Å². The SMILES string of the molecule is CCCCCCC(=O)O[C@H](CCCCCC)CCCCCCCCCCC(=O)N(C[C@H]1O[C@H](OC)[C@H](OCc2ccccc2)[C@@H](OCc2ccccc2)[C@@H]1OCc1ccccc1)C[C@H]1O[C@H](OC)[C@H](OCc2ccccc2)[C@@H](OCc2ccccc2)[C@@H]1OCc1ccccc1. The van der Waals surface area contributed by atoms with Crippen LogP contribution in [0.1, 0.15) is 176 Å². The van der Waals surface area contributed by atoms with Gasteiger partial charge in [0.1, 0.15) is 54.9 Å². The summed E-state index contributed by atoms with van der Waals surface area (Å²) in [5, 5.41) is 0. The molecular weight excluding hydrogens is 1190 g/mol. The zero-order valence-electron chi connectivity index (χ0n) is 57.2. The van der Waals surface area contributed by atoms with Crippen molar-refractivity contribution >= 4 is 11.9 Å². The molecule has 11 atom stereocenters. The molecule has 1 amide bonds. The fourth-order valence-corrected chi connectivity index (χ4v) is 12.7. The number of carbonyl (C=O) groups is 2. The highest BCUT2D eigenvalue weighted by atomic mass is 16.7. The van der Waals surface area contributed by atoms with Crippen LogP contribution >= 0.6 is 0 Å². The van der Waals surface area contributed by atoms with Gasteiger partial charge in [0.15, 0.2) is 12.6 Å². The number of hydrogen-bond acceptors (Lipinski definition) is 13. The molecule has 2 aliphatic rings. The van der Waals surface area contributed by atoms with E-state index >= 15 is 4.79 Å². The molecule has 0 aromatic heterocycles. The molecule has 0 saturated carbocycles. The maximum atomic E-state index is 15.6. The Balaban J connectivity index is 1.05. The second-order valence-electron chi connectivity index (χ2n) is 25.6. The Kier molecular flexibility index (Phi) is 34.5. The second-order valence-corrected chi connectivity index (χ2v) is 25.6. The number of hydrogen-bond donors (Lipinski definition) is 0. The molecule has 0 N–H and O–H groups in total. The van der Waals surface area contributed by atoms with Crippen molar-refractivity contribution in [1.82, 2.24) is 4.90 Å². The zero-order chi connectivity index (χ0) is 66.3. The van der Waals surface area contributed by atoms with Gasteiger partial charge in [-0.05, 0) is 71.9 Å². The molecule has 14 nitrogen and oxygen atoms in total. The van der Waals surface area contributed by atoms with Gasteiger partial charge in [0, 0.05) is 40.2 Å². The lowest BCUT2D eigenvalue weighted by Gasteiger charge is -2.48. The van der Waals surface area contributed by atoms with E-state index in [-0.39, 0.29) is 77.1 Å². The number of carbonyl (C=O) groups excluding carboxylic acids is 2. The second kappa shape index (κ2) is 43.9. The Hall–Kier alpha value is -6.14. The third-order valence-electron chi connectivity index (χ3n) is 18.1. The Morgan fingerprint density at radius 3 is 0.979 bits per heavy atom. The van der Waals surface area contributed by atoms with Crippen LogP contribution < -0.4 is 0 Å². The number of esters is 1. The van der Waals surface area contributed by atoms with Crippen LogP contribution in [0.3, 0.4) is 0 Å². The number of methoxy groups -OCH3 is 2. The Labute approximate surface area is 567 Å². The molecule has 95 heavy (non-hydrogen) atoms. The lowest BCUT2D eigenvalue weighted by atomic mass is 9.95. The molecular formula is C81H109NO13. The summed E-state index contributed by atoms with van der Waals surface area (Å²) < 4.78 is 74.9. The summed E-state index contributed by atoms with van der Waals surface area (Å²) in [7, 11) is 3.23. The van der Waals surface area contributed by atoms with E-state index in [4.69, 9.17) is 52.1 Å². The summed E-state index contributed by atoms with van der Waals surface area (Å²) in [6, 6.07) is 60.3. The normalized spacial score (nSPS) is 21.5. The lowest BCUT2D eigenvalue weighted by Crippen LogP contribution is -2.65. The molecule has 2 saturated heterocycles. The van der Waals surface area contributed by atoms with E-state index < -0.39 is 61.4 Å². The first-order valence-electron chi connectivity index (χ1n) is 35.6. The van der Waals surface area contributed by atoms with Crippen molar-refractivity contribution in [1.29, 1.82) is 0 Å². The third kappa shape index (κ3) is 26.3. The maximum Gasteiger partial charge on any atom is 0.306 e. The lowest BCUT2D eigenvalue weighted by molar-refractivity contribution is -0.324. The van der Waals surface area contributed by atoms with Crippen LogP contribution in [0.25, 0.3) is 0 Å². The van der Waals surface area contributed by atoms with Gasteiger partial charge >= 0.3 is 5.97 Å². The largest absolute Gasteiger partial charge is 0.462 e. The molecule has 2 aliphatic heterocycles. The number of benzene rings is 6. The van der Waals surface area contributed by atoms with Crippen molar-refractivity contribution in [3.8, 4) is 0 Å². The predicted octanol–water partition coefficient (Wildman–Crippen LogP) is 16.8. The standard InChI is InChI=1S/C81H109NO13/c1-5-7-9-35-51-69(93-73(84)54-38-10-8-6-2)52-36-15-13-11-12-14-16-37-53-72(83)82(55-70-74(87-57-63-39-23-17-24-40-63)76(89-59-65-43-27-19-28-44-65)78(80(85-3)94-70)91-61-67-47-31-21-32-48-67)56-71-75(88-58-64-41-25-18-26-42-64)77(90-60-66-45-29-20-30-46-66)79(81(86-4)95-71)92-62-68-49-33-22-34-50-68/h17-34,39-50,69-71,74-81H,5-16,35-38,51-62H2,1-4H3/t69-,70-,71-,74-,75-,76+,77+,78-,79-,80+,81+/m1/s1. The highest BCUT2D eigenvalue weighted by molar-refractivity contribution is 5.76. The van der Waals surface area contributed by atoms with E-state index in [2.05, 4.69) is 13.8 Å². The van der Waals surface area contributed by atoms with Gasteiger partial charge in [-0.3, -0.25) is 9.59 Å². The van der Waals surface area contributed by atoms with E-state index in [0.29, 0.717) is 12.8 Å². The first-order chi connectivity index (χ1) is 46.8. The molecule has 0 aliphatic carbocycles. The van der Waals surface area contributed by atoms with Crippen LogP contribution in [0.2, 0.25) is 0 Å². The highest BCUT2D eigenvalue weighted by Gasteiger charge is 2.52. The molecule has 516 valence electrons. The van der Waals surface area contributed by atoms with E-state index in [0.717, 1.165) is 123 Å². The average Bonchev–Trinajstić information content (AvgIpc) is 0.808. The summed E-state index contributed by atoms with van der Waals surface area (Å²) in [5.41, 5.74) is 5.86. The summed E-state index contributed by atoms with van der Waals surface area (Å²) in [6.45, 7) is 6.12. The monoisotopic (exact) mass is 1300 g/mol. The Bertz CT molecular complexity index is 2770. The molecule has 6 aromatic carbocycles. The van der Waals surface area contributed by atoms with Crippen molar-refractivity contribution in [2.75, 3.05) is 27.3 Å². The zero-order valence-corrected chi connectivity index (χ0v) is 57.2. The van der Waals surface area contributed by atoms with E-state index in [1.807, 2.05) is 187 Å². The minimum atomic E-state index is -0.915. The van der Waals surface area contributed by atoms with Crippen LogP contribution in [0, 0.1) is 0 Å². The number of ether oxygens (including phenoxy) is 11. The number of rotatable bonds is 46. The molecule has 0 spiro atoms. The number of amides is 1. The van der Waals surface area contributed by atoms with Crippen LogP contribution in [-0.2, 0) is 101 Å². The van der Waals surface area contributed by atoms with Gasteiger partial charge in [0.2, 0.25) is 5.91 Å². The molecule has 8 rings (SSSR count). The van der Waals surface area contributed by atoms with Crippen LogP contribution in [0.15, 0.2) is 182 Å². The van der Waals surface area contributed by atoms with Crippen molar-refractivity contribution < 1.29 is 61.7 Å². The van der Waals surface area contributed by atoms with Crippen LogP contribution in [0.4, 0.5) is 0 Å². The third-order valence-corrected chi connectivity index (χ3v) is 18.1. The summed E-state index contributed by atoms with van der Waals surface area (Å²) >= 11 is 0. The molecule has 0 unspecified atom stereocenters. The topological polar surface area (TPSA) is 139 Å². The first kappa shape index (κ1) is 74.6. The summed E-state index contributed by atoms with van der Waals surface area (Å²) in [5.74, 6) is -0.100. The molecule has 2 fully saturated rings. The summed E-state index contributed by atoms with van der Waals surface area (Å²) in [4.78, 5) is 30.3. The van der Waals surface area contributed by atoms with Gasteiger partial charge in [-0.1, -0.05) is 273 Å². The first-order valence-corrected chi connectivity index (χ1v) is 35.6. The van der Waals surface area contributed by atoms with Gasteiger partial charge in [0.25, 0.3) is 0 Å². The molecule has 14 heteroatoms. The maximum absolute atomic E-state index is 15.6. The Morgan fingerprint density at radius 2 is 0.642 bits per heavy atom. The quantitative estimate of drug-likeness (QED) is 0.0265. The van der Waals surface area contributed by atoms with Crippen molar-refractivity contribution in [3.63, 3.8) is 0 Å². The van der Waals surface area contributed by atoms with Gasteiger partial charge in [0.05, 0.1) is 39.6 Å². The van der Waals surface area contributed by atoms with E-state index in [1.165, 1.54) is 19.3 Å². The Morgan fingerprint density at radius 1 is 0.358 bits per heavy atom. The minimum absolute atomic E-state index is 0.00993. The average molecular weight is 1300 g/mol. The number of unbranched alkanes of at least 4 members (excludes halogenated alkanes) is 13. The molecule has 0 bridgehead atoms. The smallest absolute Gasteiger partial charge is 0.306 e. The minimum Gasteiger partial charge on any atom is -0.462 e. The van der Waals surface area contributed by atoms with Crippen molar-refractivity contribution in [3.05, 3.63) is 215 Å². The highest BCUT2D eigenvalue weighted by Crippen LogP contribution is 2.35. The van der Waals surface area contributed by atoms with Gasteiger partial charge in [-0.15, -0.1) is 0 Å². The van der Waals surface area contributed by atoms with E-state index in [9.17, 15) is 4.79 Å². The molecule has 6 aromatic rings. The summed E-state index contributed by atoms with van der Waals surface area (Å²) in [6.07, 6.45) is 11.8. The van der Waals surface area contributed by atoms with Gasteiger partial charge in [-0.2, -0.15) is 0 Å². The fraction of sp³-hybridized carbons (Fsp3) is 0.531. The van der Waals surface area contributed by atoms with Crippen LogP contribution in [-0.4, -0.2) is 112 Å². The predicted molar refractivity (Wildman–Crippen MR) is 372 cm³/mol. The fourth-order valence-electron chi connectivity index (χ4n) is 12.7. The molecule has 2 heterocycles. The van der Waals surface area contributed by atoms with Crippen molar-refractivity contribution in [2.24, 2.45) is 0 Å². The number of nitrogens with zero attached hydrogens (tertiary/aromatic N) is 1. The van der Waals surface area contributed by atoms with Gasteiger partial charge < -0.3 is 57.0 Å². The van der Waals surface area contributed by atoms with Gasteiger partial charge in [-0.25, -0.2) is 0 Å². The van der Waals surface area contributed by atoms with E-state index in [1.54, 1.807) is 14.2 Å².